The first-order chi connectivity index (χ1) is 8.31. The molecule has 1 aromatic heterocycles. The quantitative estimate of drug-likeness (QED) is 0.810. The maximum absolute atomic E-state index is 5.95. The SMILES string of the molecule is C#CCOc1nsnc1OC12CCC(CN1)C2. The Labute approximate surface area is 104 Å². The fraction of sp³-hybridized carbons (Fsp3) is 0.636. The first kappa shape index (κ1) is 10.8. The third-order valence-corrected chi connectivity index (χ3v) is 3.80. The van der Waals surface area contributed by atoms with Crippen LogP contribution in [0.5, 0.6) is 11.8 Å². The fourth-order valence-electron chi connectivity index (χ4n) is 2.52. The fourth-order valence-corrected chi connectivity index (χ4v) is 2.96. The third-order valence-electron chi connectivity index (χ3n) is 3.30. The topological polar surface area (TPSA) is 56.3 Å². The summed E-state index contributed by atoms with van der Waals surface area (Å²) in [6.07, 6.45) is 8.42. The number of aromatic nitrogens is 2. The van der Waals surface area contributed by atoms with E-state index < -0.39 is 0 Å². The Bertz CT molecular complexity index is 446. The Morgan fingerprint density at radius 2 is 2.41 bits per heavy atom. The second kappa shape index (κ2) is 4.17. The summed E-state index contributed by atoms with van der Waals surface area (Å²) < 4.78 is 19.4. The van der Waals surface area contributed by atoms with E-state index in [1.807, 2.05) is 0 Å². The van der Waals surface area contributed by atoms with Gasteiger partial charge in [-0.3, -0.25) is 5.32 Å². The predicted octanol–water partition coefficient (Wildman–Crippen LogP) is 1.03. The molecule has 2 aliphatic rings. The highest BCUT2D eigenvalue weighted by molar-refractivity contribution is 6.99. The smallest absolute Gasteiger partial charge is 0.292 e. The second-order valence-electron chi connectivity index (χ2n) is 4.45. The van der Waals surface area contributed by atoms with E-state index >= 15 is 0 Å². The molecule has 0 amide bonds. The van der Waals surface area contributed by atoms with Gasteiger partial charge in [-0.15, -0.1) is 15.2 Å². The van der Waals surface area contributed by atoms with Gasteiger partial charge in [0.15, 0.2) is 12.3 Å². The van der Waals surface area contributed by atoms with E-state index in [0.29, 0.717) is 11.8 Å². The van der Waals surface area contributed by atoms with Gasteiger partial charge in [-0.05, 0) is 12.3 Å². The van der Waals surface area contributed by atoms with E-state index in [-0.39, 0.29) is 12.3 Å². The zero-order valence-corrected chi connectivity index (χ0v) is 10.1. The summed E-state index contributed by atoms with van der Waals surface area (Å²) in [5.74, 6) is 4.00. The molecule has 1 N–H and O–H groups in total. The van der Waals surface area contributed by atoms with Crippen molar-refractivity contribution in [2.75, 3.05) is 13.2 Å². The standard InChI is InChI=1S/C11H13N3O2S/c1-2-5-15-9-10(14-17-13-9)16-11-4-3-8(6-11)7-12-11/h1,8,12H,3-7H2. The minimum atomic E-state index is -0.255. The predicted molar refractivity (Wildman–Crippen MR) is 62.9 cm³/mol. The van der Waals surface area contributed by atoms with Crippen LogP contribution in [-0.4, -0.2) is 27.6 Å². The lowest BCUT2D eigenvalue weighted by molar-refractivity contribution is 0.0483. The van der Waals surface area contributed by atoms with Crippen molar-refractivity contribution in [1.82, 2.24) is 14.1 Å². The number of hydrogen-bond donors (Lipinski definition) is 1. The maximum Gasteiger partial charge on any atom is 0.292 e. The lowest BCUT2D eigenvalue weighted by Gasteiger charge is -2.27. The van der Waals surface area contributed by atoms with Crippen LogP contribution < -0.4 is 14.8 Å². The van der Waals surface area contributed by atoms with Gasteiger partial charge < -0.3 is 9.47 Å². The van der Waals surface area contributed by atoms with Gasteiger partial charge in [0, 0.05) is 19.4 Å². The van der Waals surface area contributed by atoms with Gasteiger partial charge in [0.1, 0.15) is 0 Å². The average Bonchev–Trinajstić information content (AvgIpc) is 3.02. The number of terminal acetylenes is 1. The first-order valence-corrected chi connectivity index (χ1v) is 6.37. The molecule has 90 valence electrons. The van der Waals surface area contributed by atoms with Crippen molar-refractivity contribution in [2.24, 2.45) is 5.92 Å². The van der Waals surface area contributed by atoms with Crippen LogP contribution in [0.2, 0.25) is 0 Å². The highest BCUT2D eigenvalue weighted by Gasteiger charge is 2.47. The second-order valence-corrected chi connectivity index (χ2v) is 4.98. The Morgan fingerprint density at radius 3 is 3.06 bits per heavy atom. The summed E-state index contributed by atoms with van der Waals surface area (Å²) in [7, 11) is 0. The molecule has 1 aliphatic carbocycles. The van der Waals surface area contributed by atoms with E-state index in [4.69, 9.17) is 15.9 Å². The van der Waals surface area contributed by atoms with Crippen molar-refractivity contribution >= 4 is 11.7 Å². The molecule has 6 heteroatoms. The van der Waals surface area contributed by atoms with Crippen molar-refractivity contribution < 1.29 is 9.47 Å². The zero-order chi connectivity index (χ0) is 11.7. The van der Waals surface area contributed by atoms with Crippen LogP contribution in [0, 0.1) is 18.3 Å². The van der Waals surface area contributed by atoms with Crippen molar-refractivity contribution in [3.63, 3.8) is 0 Å². The minimum absolute atomic E-state index is 0.185. The number of rotatable bonds is 4. The van der Waals surface area contributed by atoms with Gasteiger partial charge in [-0.2, -0.15) is 0 Å². The van der Waals surface area contributed by atoms with Gasteiger partial charge in [0.2, 0.25) is 0 Å². The van der Waals surface area contributed by atoms with E-state index in [0.717, 1.165) is 37.0 Å². The van der Waals surface area contributed by atoms with Crippen LogP contribution in [0.15, 0.2) is 0 Å². The van der Waals surface area contributed by atoms with Crippen LogP contribution in [0.1, 0.15) is 19.3 Å². The molecule has 2 heterocycles. The summed E-state index contributed by atoms with van der Waals surface area (Å²) >= 11 is 1.08. The monoisotopic (exact) mass is 251 g/mol. The van der Waals surface area contributed by atoms with Crippen LogP contribution in [0.4, 0.5) is 0 Å². The number of nitrogens with one attached hydrogen (secondary N) is 1. The van der Waals surface area contributed by atoms with Gasteiger partial charge in [0.05, 0.1) is 11.7 Å². The van der Waals surface area contributed by atoms with Crippen LogP contribution in [-0.2, 0) is 0 Å². The van der Waals surface area contributed by atoms with Crippen molar-refractivity contribution in [1.29, 1.82) is 0 Å². The molecule has 2 bridgehead atoms. The van der Waals surface area contributed by atoms with Crippen LogP contribution in [0.25, 0.3) is 0 Å². The molecule has 5 nitrogen and oxygen atoms in total. The van der Waals surface area contributed by atoms with Crippen molar-refractivity contribution in [3.05, 3.63) is 0 Å². The van der Waals surface area contributed by atoms with Gasteiger partial charge >= 0.3 is 0 Å². The van der Waals surface area contributed by atoms with Gasteiger partial charge in [-0.25, -0.2) is 0 Å². The Hall–Kier alpha value is -1.32. The largest absolute Gasteiger partial charge is 0.460 e. The lowest BCUT2D eigenvalue weighted by atomic mass is 10.1. The number of ether oxygens (including phenoxy) is 2. The van der Waals surface area contributed by atoms with E-state index in [1.54, 1.807) is 0 Å². The molecule has 0 aromatic carbocycles. The van der Waals surface area contributed by atoms with E-state index in [1.165, 1.54) is 6.42 Å². The molecular formula is C11H13N3O2S. The van der Waals surface area contributed by atoms with E-state index in [9.17, 15) is 0 Å². The third kappa shape index (κ3) is 1.96. The molecule has 1 aliphatic heterocycles. The summed E-state index contributed by atoms with van der Waals surface area (Å²) in [5.41, 5.74) is -0.255. The molecule has 0 spiro atoms. The molecule has 1 saturated carbocycles. The minimum Gasteiger partial charge on any atom is -0.460 e. The average molecular weight is 251 g/mol. The molecular weight excluding hydrogens is 238 g/mol. The molecule has 1 saturated heterocycles. The summed E-state index contributed by atoms with van der Waals surface area (Å²) in [4.78, 5) is 0. The molecule has 3 rings (SSSR count). The lowest BCUT2D eigenvalue weighted by Crippen LogP contribution is -2.45. The molecule has 2 fully saturated rings. The van der Waals surface area contributed by atoms with Crippen molar-refractivity contribution in [3.8, 4) is 24.1 Å². The number of piperidine rings is 1. The first-order valence-electron chi connectivity index (χ1n) is 5.64. The Morgan fingerprint density at radius 1 is 1.53 bits per heavy atom. The molecule has 0 radical (unpaired) electrons. The van der Waals surface area contributed by atoms with Crippen LogP contribution >= 0.6 is 11.7 Å². The van der Waals surface area contributed by atoms with Crippen LogP contribution in [0.3, 0.4) is 0 Å². The van der Waals surface area contributed by atoms with E-state index in [2.05, 4.69) is 20.0 Å². The Balaban J connectivity index is 1.72. The number of fused-ring (bicyclic) bond motifs is 2. The summed E-state index contributed by atoms with van der Waals surface area (Å²) in [5, 5.41) is 3.41. The zero-order valence-electron chi connectivity index (χ0n) is 9.31. The molecule has 2 atom stereocenters. The van der Waals surface area contributed by atoms with Crippen molar-refractivity contribution in [2.45, 2.75) is 25.0 Å². The summed E-state index contributed by atoms with van der Waals surface area (Å²) in [6.45, 7) is 1.21. The summed E-state index contributed by atoms with van der Waals surface area (Å²) in [6, 6.07) is 0. The number of hydrogen-bond acceptors (Lipinski definition) is 6. The molecule has 2 unspecified atom stereocenters. The van der Waals surface area contributed by atoms with Gasteiger partial charge in [0.25, 0.3) is 11.8 Å². The normalized spacial score (nSPS) is 30.2. The molecule has 17 heavy (non-hydrogen) atoms. The molecule has 1 aromatic rings. The number of nitrogens with zero attached hydrogens (tertiary/aromatic N) is 2. The van der Waals surface area contributed by atoms with Gasteiger partial charge in [-0.1, -0.05) is 5.92 Å². The maximum atomic E-state index is 5.95. The highest BCUT2D eigenvalue weighted by atomic mass is 32.1. The Kier molecular flexibility index (Phi) is 2.65. The highest BCUT2D eigenvalue weighted by Crippen LogP contribution is 2.42.